The minimum absolute atomic E-state index is 0.623. The number of ether oxygens (including phenoxy) is 1. The monoisotopic (exact) mass is 272 g/mol. The summed E-state index contributed by atoms with van der Waals surface area (Å²) < 4.78 is 5.48. The molecule has 0 bridgehead atoms. The number of pyridine rings is 1. The normalized spacial score (nSPS) is 10.3. The van der Waals surface area contributed by atoms with Gasteiger partial charge >= 0.3 is 0 Å². The van der Waals surface area contributed by atoms with E-state index in [0.717, 1.165) is 41.5 Å². The van der Waals surface area contributed by atoms with Gasteiger partial charge in [0.1, 0.15) is 17.4 Å². The van der Waals surface area contributed by atoms with Crippen molar-refractivity contribution in [3.05, 3.63) is 30.4 Å². The molecule has 2 aromatic heterocycles. The molecule has 0 aliphatic rings. The van der Waals surface area contributed by atoms with Gasteiger partial charge in [0, 0.05) is 31.3 Å². The Hall–Kier alpha value is -2.17. The van der Waals surface area contributed by atoms with Crippen molar-refractivity contribution in [3.63, 3.8) is 0 Å². The summed E-state index contributed by atoms with van der Waals surface area (Å²) in [6.45, 7) is 4.69. The van der Waals surface area contributed by atoms with Crippen molar-refractivity contribution < 1.29 is 4.74 Å². The van der Waals surface area contributed by atoms with Gasteiger partial charge in [0.05, 0.1) is 18.5 Å². The van der Waals surface area contributed by atoms with Gasteiger partial charge in [0.15, 0.2) is 0 Å². The van der Waals surface area contributed by atoms with Gasteiger partial charge in [-0.05, 0) is 19.4 Å². The van der Waals surface area contributed by atoms with Crippen molar-refractivity contribution in [1.29, 1.82) is 0 Å². The van der Waals surface area contributed by atoms with Crippen LogP contribution in [-0.4, -0.2) is 28.6 Å². The van der Waals surface area contributed by atoms with Crippen molar-refractivity contribution in [2.75, 3.05) is 19.0 Å². The highest BCUT2D eigenvalue weighted by Crippen LogP contribution is 2.23. The molecule has 1 N–H and O–H groups in total. The second kappa shape index (κ2) is 6.84. The van der Waals surface area contributed by atoms with Gasteiger partial charge < -0.3 is 10.1 Å². The Labute approximate surface area is 119 Å². The largest absolute Gasteiger partial charge is 0.492 e. The lowest BCUT2D eigenvalue weighted by Crippen LogP contribution is -2.02. The molecule has 0 saturated heterocycles. The summed E-state index contributed by atoms with van der Waals surface area (Å²) in [4.78, 5) is 13.3. The van der Waals surface area contributed by atoms with Crippen LogP contribution in [0.2, 0.25) is 0 Å². The van der Waals surface area contributed by atoms with Crippen LogP contribution in [0.4, 0.5) is 5.82 Å². The van der Waals surface area contributed by atoms with Crippen LogP contribution in [0.15, 0.2) is 24.5 Å². The number of aryl methyl sites for hydroxylation is 1. The molecule has 0 aliphatic heterocycles. The first-order valence-electron chi connectivity index (χ1n) is 6.90. The number of rotatable bonds is 6. The zero-order valence-electron chi connectivity index (χ0n) is 12.2. The maximum Gasteiger partial charge on any atom is 0.138 e. The van der Waals surface area contributed by atoms with E-state index in [0.29, 0.717) is 6.61 Å². The van der Waals surface area contributed by atoms with Gasteiger partial charge in [0.25, 0.3) is 0 Å². The quantitative estimate of drug-likeness (QED) is 0.876. The maximum absolute atomic E-state index is 5.48. The molecule has 5 heteroatoms. The topological polar surface area (TPSA) is 59.9 Å². The van der Waals surface area contributed by atoms with Gasteiger partial charge in [-0.1, -0.05) is 6.92 Å². The van der Waals surface area contributed by atoms with Gasteiger partial charge in [-0.2, -0.15) is 0 Å². The number of anilines is 1. The van der Waals surface area contributed by atoms with Gasteiger partial charge in [-0.3, -0.25) is 4.98 Å². The van der Waals surface area contributed by atoms with E-state index in [1.807, 2.05) is 26.1 Å². The fourth-order valence-corrected chi connectivity index (χ4v) is 1.91. The summed E-state index contributed by atoms with van der Waals surface area (Å²) in [5, 5.41) is 3.07. The summed E-state index contributed by atoms with van der Waals surface area (Å²) in [5.74, 6) is 2.42. The summed E-state index contributed by atoms with van der Waals surface area (Å²) in [5.41, 5.74) is 1.80. The second-order valence-corrected chi connectivity index (χ2v) is 4.40. The van der Waals surface area contributed by atoms with Gasteiger partial charge in [0.2, 0.25) is 0 Å². The van der Waals surface area contributed by atoms with Crippen molar-refractivity contribution in [2.45, 2.75) is 26.7 Å². The lowest BCUT2D eigenvalue weighted by atomic mass is 10.2. The Morgan fingerprint density at radius 3 is 2.70 bits per heavy atom. The highest BCUT2D eigenvalue weighted by molar-refractivity contribution is 5.63. The van der Waals surface area contributed by atoms with Crippen molar-refractivity contribution in [1.82, 2.24) is 15.0 Å². The summed E-state index contributed by atoms with van der Waals surface area (Å²) in [6.07, 6.45) is 5.38. The third-order valence-electron chi connectivity index (χ3n) is 2.82. The van der Waals surface area contributed by atoms with Crippen molar-refractivity contribution >= 4 is 5.82 Å². The first-order valence-corrected chi connectivity index (χ1v) is 6.90. The van der Waals surface area contributed by atoms with Crippen LogP contribution in [0.25, 0.3) is 11.3 Å². The predicted octanol–water partition coefficient (Wildman–Crippen LogP) is 2.93. The Kier molecular flexibility index (Phi) is 4.87. The van der Waals surface area contributed by atoms with E-state index < -0.39 is 0 Å². The molecule has 0 saturated carbocycles. The molecular formula is C15H20N4O. The Balaban J connectivity index is 2.39. The molecule has 0 atom stereocenters. The van der Waals surface area contributed by atoms with E-state index in [9.17, 15) is 0 Å². The van der Waals surface area contributed by atoms with Gasteiger partial charge in [-0.25, -0.2) is 9.97 Å². The van der Waals surface area contributed by atoms with E-state index in [-0.39, 0.29) is 0 Å². The minimum atomic E-state index is 0.623. The zero-order chi connectivity index (χ0) is 14.4. The van der Waals surface area contributed by atoms with Crippen molar-refractivity contribution in [3.8, 4) is 17.0 Å². The molecule has 2 rings (SSSR count). The maximum atomic E-state index is 5.48. The molecule has 0 amide bonds. The zero-order valence-corrected chi connectivity index (χ0v) is 12.2. The lowest BCUT2D eigenvalue weighted by Gasteiger charge is -2.08. The molecule has 0 radical (unpaired) electrons. The summed E-state index contributed by atoms with van der Waals surface area (Å²) in [6, 6.07) is 3.87. The fourth-order valence-electron chi connectivity index (χ4n) is 1.91. The van der Waals surface area contributed by atoms with Crippen LogP contribution in [0.5, 0.6) is 5.75 Å². The van der Waals surface area contributed by atoms with Crippen LogP contribution in [-0.2, 0) is 6.42 Å². The van der Waals surface area contributed by atoms with Crippen LogP contribution in [0.3, 0.4) is 0 Å². The lowest BCUT2D eigenvalue weighted by molar-refractivity contribution is 0.339. The molecule has 20 heavy (non-hydrogen) atoms. The fraction of sp³-hybridized carbons (Fsp3) is 0.400. The van der Waals surface area contributed by atoms with Crippen LogP contribution < -0.4 is 10.1 Å². The highest BCUT2D eigenvalue weighted by atomic mass is 16.5. The Morgan fingerprint density at radius 1 is 1.15 bits per heavy atom. The first-order chi connectivity index (χ1) is 9.76. The SMILES string of the molecule is CCCc1nc(NC)cc(-c2cncc(OCC)c2)n1. The van der Waals surface area contributed by atoms with Crippen LogP contribution in [0, 0.1) is 0 Å². The molecule has 2 aromatic rings. The minimum Gasteiger partial charge on any atom is -0.492 e. The van der Waals surface area contributed by atoms with E-state index in [1.165, 1.54) is 0 Å². The molecule has 0 aromatic carbocycles. The van der Waals surface area contributed by atoms with E-state index in [4.69, 9.17) is 4.74 Å². The third-order valence-corrected chi connectivity index (χ3v) is 2.82. The average molecular weight is 272 g/mol. The molecule has 0 spiro atoms. The molecule has 106 valence electrons. The number of nitrogens with one attached hydrogen (secondary N) is 1. The van der Waals surface area contributed by atoms with Crippen LogP contribution >= 0.6 is 0 Å². The number of hydrogen-bond acceptors (Lipinski definition) is 5. The summed E-state index contributed by atoms with van der Waals surface area (Å²) in [7, 11) is 1.86. The predicted molar refractivity (Wildman–Crippen MR) is 80.0 cm³/mol. The highest BCUT2D eigenvalue weighted by Gasteiger charge is 2.07. The smallest absolute Gasteiger partial charge is 0.138 e. The number of hydrogen-bond donors (Lipinski definition) is 1. The van der Waals surface area contributed by atoms with Crippen LogP contribution in [0.1, 0.15) is 26.1 Å². The number of nitrogens with zero attached hydrogens (tertiary/aromatic N) is 3. The first kappa shape index (κ1) is 14.2. The van der Waals surface area contributed by atoms with E-state index in [2.05, 4.69) is 27.2 Å². The average Bonchev–Trinajstić information content (AvgIpc) is 2.48. The van der Waals surface area contributed by atoms with Crippen molar-refractivity contribution in [2.24, 2.45) is 0 Å². The molecular weight excluding hydrogens is 252 g/mol. The Bertz CT molecular complexity index is 572. The third kappa shape index (κ3) is 3.44. The molecule has 0 unspecified atom stereocenters. The molecule has 0 fully saturated rings. The Morgan fingerprint density at radius 2 is 2.00 bits per heavy atom. The molecule has 5 nitrogen and oxygen atoms in total. The van der Waals surface area contributed by atoms with Gasteiger partial charge in [-0.15, -0.1) is 0 Å². The molecule has 2 heterocycles. The second-order valence-electron chi connectivity index (χ2n) is 4.40. The van der Waals surface area contributed by atoms with E-state index >= 15 is 0 Å². The molecule has 0 aliphatic carbocycles. The number of aromatic nitrogens is 3. The summed E-state index contributed by atoms with van der Waals surface area (Å²) >= 11 is 0. The standard InChI is InChI=1S/C15H20N4O/c1-4-6-14-18-13(8-15(16-3)19-14)11-7-12(20-5-2)10-17-9-11/h7-10H,4-6H2,1-3H3,(H,16,18,19). The van der Waals surface area contributed by atoms with E-state index in [1.54, 1.807) is 12.4 Å².